The topological polar surface area (TPSA) is 66.6 Å². The van der Waals surface area contributed by atoms with Crippen molar-refractivity contribution in [2.24, 2.45) is 5.73 Å². The van der Waals surface area contributed by atoms with Crippen LogP contribution in [0.4, 0.5) is 4.79 Å². The summed E-state index contributed by atoms with van der Waals surface area (Å²) < 4.78 is 0. The zero-order chi connectivity index (χ0) is 10.6. The van der Waals surface area contributed by atoms with Gasteiger partial charge in [-0.3, -0.25) is 0 Å². The Balaban J connectivity index is 2.52. The normalized spacial score (nSPS) is 26.4. The predicted octanol–water partition coefficient (Wildman–Crippen LogP) is 1.65. The molecule has 0 spiro atoms. The summed E-state index contributed by atoms with van der Waals surface area (Å²) in [6, 6.07) is 0.0991. The first-order chi connectivity index (χ1) is 6.66. The first-order valence-electron chi connectivity index (χ1n) is 5.42. The molecule has 0 aromatic rings. The molecule has 4 nitrogen and oxygen atoms in total. The monoisotopic (exact) mass is 200 g/mol. The van der Waals surface area contributed by atoms with E-state index in [0.717, 1.165) is 32.1 Å². The van der Waals surface area contributed by atoms with E-state index in [-0.39, 0.29) is 12.1 Å². The zero-order valence-corrected chi connectivity index (χ0v) is 8.78. The summed E-state index contributed by atoms with van der Waals surface area (Å²) in [5.74, 6) is 0. The van der Waals surface area contributed by atoms with Gasteiger partial charge >= 0.3 is 6.09 Å². The van der Waals surface area contributed by atoms with E-state index in [1.165, 1.54) is 4.90 Å². The molecule has 4 heteroatoms. The van der Waals surface area contributed by atoms with E-state index < -0.39 is 6.09 Å². The lowest BCUT2D eigenvalue weighted by Crippen LogP contribution is -2.47. The third-order valence-electron chi connectivity index (χ3n) is 2.93. The van der Waals surface area contributed by atoms with Crippen LogP contribution in [0.1, 0.15) is 39.0 Å². The van der Waals surface area contributed by atoms with Gasteiger partial charge in [0.25, 0.3) is 0 Å². The number of nitrogens with zero attached hydrogens (tertiary/aromatic N) is 1. The summed E-state index contributed by atoms with van der Waals surface area (Å²) in [7, 11) is 0. The van der Waals surface area contributed by atoms with Crippen molar-refractivity contribution in [2.75, 3.05) is 6.54 Å². The first-order valence-corrected chi connectivity index (χ1v) is 5.42. The van der Waals surface area contributed by atoms with Crippen LogP contribution in [0.5, 0.6) is 0 Å². The highest BCUT2D eigenvalue weighted by molar-refractivity contribution is 5.65. The van der Waals surface area contributed by atoms with Crippen molar-refractivity contribution in [2.45, 2.75) is 51.1 Å². The Morgan fingerprint density at radius 3 is 2.71 bits per heavy atom. The van der Waals surface area contributed by atoms with Gasteiger partial charge in [-0.05, 0) is 25.7 Å². The molecule has 0 heterocycles. The summed E-state index contributed by atoms with van der Waals surface area (Å²) >= 11 is 0. The van der Waals surface area contributed by atoms with Crippen LogP contribution in [0.2, 0.25) is 0 Å². The van der Waals surface area contributed by atoms with Crippen LogP contribution in [0, 0.1) is 0 Å². The molecular formula is C10H20N2O2. The number of unbranched alkanes of at least 4 members (excludes halogenated alkanes) is 1. The standard InChI is InChI=1S/C10H20N2O2/c1-2-3-7-12(10(13)14)9-6-4-5-8(9)11/h8-9H,2-7,11H2,1H3,(H,13,14). The molecule has 1 aliphatic carbocycles. The van der Waals surface area contributed by atoms with Crippen LogP contribution in [-0.4, -0.2) is 34.7 Å². The minimum Gasteiger partial charge on any atom is -0.465 e. The molecule has 2 atom stereocenters. The van der Waals surface area contributed by atoms with E-state index in [0.29, 0.717) is 6.54 Å². The maximum atomic E-state index is 11.0. The molecule has 2 unspecified atom stereocenters. The highest BCUT2D eigenvalue weighted by atomic mass is 16.4. The van der Waals surface area contributed by atoms with E-state index >= 15 is 0 Å². The minimum absolute atomic E-state index is 0.0444. The predicted molar refractivity (Wildman–Crippen MR) is 55.3 cm³/mol. The molecular weight excluding hydrogens is 180 g/mol. The fraction of sp³-hybridized carbons (Fsp3) is 0.900. The highest BCUT2D eigenvalue weighted by Gasteiger charge is 2.31. The molecule has 1 rings (SSSR count). The number of amides is 1. The number of hydrogen-bond acceptors (Lipinski definition) is 2. The van der Waals surface area contributed by atoms with Crippen molar-refractivity contribution in [3.8, 4) is 0 Å². The van der Waals surface area contributed by atoms with Crippen molar-refractivity contribution in [3.05, 3.63) is 0 Å². The molecule has 1 saturated carbocycles. The second-order valence-electron chi connectivity index (χ2n) is 3.99. The van der Waals surface area contributed by atoms with E-state index in [9.17, 15) is 4.79 Å². The van der Waals surface area contributed by atoms with Gasteiger partial charge in [-0.15, -0.1) is 0 Å². The van der Waals surface area contributed by atoms with Crippen LogP contribution in [0.3, 0.4) is 0 Å². The molecule has 0 aromatic heterocycles. The average molecular weight is 200 g/mol. The van der Waals surface area contributed by atoms with Gasteiger partial charge in [0.05, 0.1) is 6.04 Å². The van der Waals surface area contributed by atoms with E-state index in [4.69, 9.17) is 10.8 Å². The molecule has 82 valence electrons. The molecule has 0 radical (unpaired) electrons. The second kappa shape index (κ2) is 5.20. The van der Waals surface area contributed by atoms with Crippen molar-refractivity contribution in [3.63, 3.8) is 0 Å². The summed E-state index contributed by atoms with van der Waals surface area (Å²) in [5, 5.41) is 9.05. The Morgan fingerprint density at radius 1 is 1.57 bits per heavy atom. The lowest BCUT2D eigenvalue weighted by Gasteiger charge is -2.28. The summed E-state index contributed by atoms with van der Waals surface area (Å²) in [5.41, 5.74) is 5.88. The molecule has 0 aliphatic heterocycles. The fourth-order valence-corrected chi connectivity index (χ4v) is 2.09. The van der Waals surface area contributed by atoms with Crippen LogP contribution >= 0.6 is 0 Å². The lowest BCUT2D eigenvalue weighted by atomic mass is 10.1. The van der Waals surface area contributed by atoms with E-state index in [1.807, 2.05) is 0 Å². The van der Waals surface area contributed by atoms with Crippen LogP contribution in [0.15, 0.2) is 0 Å². The third-order valence-corrected chi connectivity index (χ3v) is 2.93. The number of nitrogens with two attached hydrogens (primary N) is 1. The molecule has 0 aromatic carbocycles. The van der Waals surface area contributed by atoms with Crippen molar-refractivity contribution >= 4 is 6.09 Å². The summed E-state index contributed by atoms with van der Waals surface area (Å²) in [6.45, 7) is 2.69. The van der Waals surface area contributed by atoms with Crippen molar-refractivity contribution in [1.29, 1.82) is 0 Å². The average Bonchev–Trinajstić information content (AvgIpc) is 2.52. The van der Waals surface area contributed by atoms with Crippen LogP contribution in [0.25, 0.3) is 0 Å². The Hall–Kier alpha value is -0.770. The Morgan fingerprint density at radius 2 is 2.29 bits per heavy atom. The van der Waals surface area contributed by atoms with E-state index in [1.54, 1.807) is 0 Å². The lowest BCUT2D eigenvalue weighted by molar-refractivity contribution is 0.120. The van der Waals surface area contributed by atoms with Gasteiger partial charge in [-0.25, -0.2) is 4.79 Å². The SMILES string of the molecule is CCCCN(C(=O)O)C1CCCC1N. The van der Waals surface area contributed by atoms with Gasteiger partial charge < -0.3 is 15.7 Å². The largest absolute Gasteiger partial charge is 0.465 e. The summed E-state index contributed by atoms with van der Waals surface area (Å²) in [6.07, 6.45) is 4.07. The molecule has 1 fully saturated rings. The van der Waals surface area contributed by atoms with Gasteiger partial charge in [-0.2, -0.15) is 0 Å². The van der Waals surface area contributed by atoms with Gasteiger partial charge in [0.1, 0.15) is 0 Å². The molecule has 3 N–H and O–H groups in total. The first kappa shape index (κ1) is 11.3. The molecule has 1 amide bonds. The Kier molecular flexibility index (Phi) is 4.20. The number of rotatable bonds is 4. The van der Waals surface area contributed by atoms with Crippen molar-refractivity contribution in [1.82, 2.24) is 4.90 Å². The van der Waals surface area contributed by atoms with E-state index in [2.05, 4.69) is 6.92 Å². The molecule has 1 aliphatic rings. The molecule has 0 bridgehead atoms. The minimum atomic E-state index is -0.819. The van der Waals surface area contributed by atoms with Crippen molar-refractivity contribution < 1.29 is 9.90 Å². The number of carboxylic acid groups (broad SMARTS) is 1. The maximum absolute atomic E-state index is 11.0. The Labute approximate surface area is 85.1 Å². The molecule has 14 heavy (non-hydrogen) atoms. The van der Waals surface area contributed by atoms with Crippen LogP contribution in [-0.2, 0) is 0 Å². The number of carbonyl (C=O) groups is 1. The summed E-state index contributed by atoms with van der Waals surface area (Å²) in [4.78, 5) is 12.5. The van der Waals surface area contributed by atoms with Gasteiger partial charge in [-0.1, -0.05) is 13.3 Å². The third kappa shape index (κ3) is 2.61. The second-order valence-corrected chi connectivity index (χ2v) is 3.99. The van der Waals surface area contributed by atoms with Gasteiger partial charge in [0, 0.05) is 12.6 Å². The Bertz CT molecular complexity index is 197. The fourth-order valence-electron chi connectivity index (χ4n) is 2.09. The van der Waals surface area contributed by atoms with Gasteiger partial charge in [0.2, 0.25) is 0 Å². The van der Waals surface area contributed by atoms with Crippen LogP contribution < -0.4 is 5.73 Å². The van der Waals surface area contributed by atoms with Gasteiger partial charge in [0.15, 0.2) is 0 Å². The number of hydrogen-bond donors (Lipinski definition) is 2. The maximum Gasteiger partial charge on any atom is 0.407 e. The highest BCUT2D eigenvalue weighted by Crippen LogP contribution is 2.23. The smallest absolute Gasteiger partial charge is 0.407 e. The quantitative estimate of drug-likeness (QED) is 0.725. The zero-order valence-electron chi connectivity index (χ0n) is 8.78. The molecule has 0 saturated heterocycles.